The summed E-state index contributed by atoms with van der Waals surface area (Å²) < 4.78 is 39.8. The van der Waals surface area contributed by atoms with E-state index >= 15 is 0 Å². The van der Waals surface area contributed by atoms with Crippen molar-refractivity contribution < 1.29 is 12.8 Å². The summed E-state index contributed by atoms with van der Waals surface area (Å²) in [4.78, 5) is 2.25. The van der Waals surface area contributed by atoms with E-state index in [0.29, 0.717) is 26.2 Å². The van der Waals surface area contributed by atoms with Gasteiger partial charge in [-0.3, -0.25) is 4.90 Å². The normalized spacial score (nSPS) is 17.3. The quantitative estimate of drug-likeness (QED) is 0.862. The van der Waals surface area contributed by atoms with Crippen LogP contribution in [0.15, 0.2) is 59.5 Å². The molecule has 2 aromatic rings. The van der Waals surface area contributed by atoms with Gasteiger partial charge < -0.3 is 0 Å². The first kappa shape index (κ1) is 16.1. The van der Waals surface area contributed by atoms with Gasteiger partial charge in [-0.15, -0.1) is 0 Å². The fraction of sp³-hybridized carbons (Fsp3) is 0.294. The van der Waals surface area contributed by atoms with E-state index in [1.165, 1.54) is 28.1 Å². The van der Waals surface area contributed by atoms with Gasteiger partial charge in [0.2, 0.25) is 10.0 Å². The highest BCUT2D eigenvalue weighted by molar-refractivity contribution is 7.89. The van der Waals surface area contributed by atoms with Crippen molar-refractivity contribution in [1.29, 1.82) is 0 Å². The Morgan fingerprint density at radius 2 is 1.61 bits per heavy atom. The summed E-state index contributed by atoms with van der Waals surface area (Å²) in [6.07, 6.45) is 0. The summed E-state index contributed by atoms with van der Waals surface area (Å²) in [7, 11) is -3.61. The monoisotopic (exact) mass is 334 g/mol. The predicted octanol–water partition coefficient (Wildman–Crippen LogP) is 2.33. The van der Waals surface area contributed by atoms with Crippen molar-refractivity contribution in [2.75, 3.05) is 26.2 Å². The molecule has 1 fully saturated rings. The van der Waals surface area contributed by atoms with Crippen molar-refractivity contribution in [1.82, 2.24) is 9.21 Å². The van der Waals surface area contributed by atoms with Gasteiger partial charge in [-0.05, 0) is 23.8 Å². The Bertz CT molecular complexity index is 757. The second kappa shape index (κ2) is 6.78. The van der Waals surface area contributed by atoms with E-state index in [1.54, 1.807) is 0 Å². The number of nitrogens with zero attached hydrogens (tertiary/aromatic N) is 2. The summed E-state index contributed by atoms with van der Waals surface area (Å²) in [5, 5.41) is 0. The molecule has 4 nitrogen and oxygen atoms in total. The molecule has 0 aromatic heterocycles. The first-order valence-corrected chi connectivity index (χ1v) is 9.02. The zero-order valence-corrected chi connectivity index (χ0v) is 13.5. The third-order valence-electron chi connectivity index (χ3n) is 4.01. The topological polar surface area (TPSA) is 40.6 Å². The first-order chi connectivity index (χ1) is 11.1. The van der Waals surface area contributed by atoms with Crippen molar-refractivity contribution in [3.05, 3.63) is 66.0 Å². The van der Waals surface area contributed by atoms with E-state index in [-0.39, 0.29) is 4.90 Å². The molecule has 0 bridgehead atoms. The Labute approximate surface area is 136 Å². The smallest absolute Gasteiger partial charge is 0.243 e. The maximum absolute atomic E-state index is 13.3. The molecule has 1 aliphatic rings. The van der Waals surface area contributed by atoms with Crippen LogP contribution in [0.1, 0.15) is 5.56 Å². The van der Waals surface area contributed by atoms with Crippen molar-refractivity contribution in [3.63, 3.8) is 0 Å². The highest BCUT2D eigenvalue weighted by Gasteiger charge is 2.28. The summed E-state index contributed by atoms with van der Waals surface area (Å²) in [5.74, 6) is -0.534. The molecule has 3 rings (SSSR count). The van der Waals surface area contributed by atoms with Crippen LogP contribution in [0.2, 0.25) is 0 Å². The number of hydrogen-bond donors (Lipinski definition) is 0. The van der Waals surface area contributed by atoms with E-state index in [4.69, 9.17) is 0 Å². The van der Waals surface area contributed by atoms with Crippen molar-refractivity contribution in [3.8, 4) is 0 Å². The van der Waals surface area contributed by atoms with E-state index in [0.717, 1.165) is 12.6 Å². The molecule has 1 saturated heterocycles. The molecule has 0 aliphatic carbocycles. The zero-order chi connectivity index (χ0) is 16.3. The van der Waals surface area contributed by atoms with Crippen LogP contribution in [0.25, 0.3) is 0 Å². The number of rotatable bonds is 4. The number of hydrogen-bond acceptors (Lipinski definition) is 3. The fourth-order valence-electron chi connectivity index (χ4n) is 2.75. The average molecular weight is 334 g/mol. The van der Waals surface area contributed by atoms with Crippen LogP contribution in [0.3, 0.4) is 0 Å². The maximum atomic E-state index is 13.3. The Hall–Kier alpha value is -1.76. The molecule has 1 aliphatic heterocycles. The summed E-state index contributed by atoms with van der Waals surface area (Å²) in [5.41, 5.74) is 1.22. The minimum Gasteiger partial charge on any atom is -0.296 e. The van der Waals surface area contributed by atoms with E-state index < -0.39 is 15.8 Å². The van der Waals surface area contributed by atoms with Gasteiger partial charge in [-0.25, -0.2) is 12.8 Å². The second-order valence-electron chi connectivity index (χ2n) is 5.62. The second-order valence-corrected chi connectivity index (χ2v) is 7.56. The lowest BCUT2D eigenvalue weighted by Gasteiger charge is -2.34. The number of sulfonamides is 1. The van der Waals surface area contributed by atoms with Gasteiger partial charge in [0.15, 0.2) is 0 Å². The molecule has 1 heterocycles. The molecule has 0 saturated carbocycles. The van der Waals surface area contributed by atoms with Crippen LogP contribution in [0, 0.1) is 5.82 Å². The lowest BCUT2D eigenvalue weighted by atomic mass is 10.2. The molecule has 0 N–H and O–H groups in total. The van der Waals surface area contributed by atoms with Crippen LogP contribution in [0.5, 0.6) is 0 Å². The molecule has 0 radical (unpaired) electrons. The van der Waals surface area contributed by atoms with E-state index in [9.17, 15) is 12.8 Å². The molecule has 0 unspecified atom stereocenters. The highest BCUT2D eigenvalue weighted by atomic mass is 32.2. The summed E-state index contributed by atoms with van der Waals surface area (Å²) >= 11 is 0. The van der Waals surface area contributed by atoms with Gasteiger partial charge in [0.1, 0.15) is 5.82 Å². The minimum atomic E-state index is -3.61. The SMILES string of the molecule is O=S(=O)(c1cccc(F)c1)N1CCN(Cc2ccccc2)CC1. The molecule has 0 amide bonds. The molecule has 6 heteroatoms. The maximum Gasteiger partial charge on any atom is 0.243 e. The minimum absolute atomic E-state index is 0.0222. The van der Waals surface area contributed by atoms with Crippen LogP contribution >= 0.6 is 0 Å². The molecule has 0 atom stereocenters. The average Bonchev–Trinajstić information content (AvgIpc) is 2.56. The van der Waals surface area contributed by atoms with Gasteiger partial charge >= 0.3 is 0 Å². The standard InChI is InChI=1S/C17H19FN2O2S/c18-16-7-4-8-17(13-16)23(21,22)20-11-9-19(10-12-20)14-15-5-2-1-3-6-15/h1-8,13H,9-12,14H2. The van der Waals surface area contributed by atoms with Crippen LogP contribution < -0.4 is 0 Å². The van der Waals surface area contributed by atoms with Gasteiger partial charge in [0.25, 0.3) is 0 Å². The van der Waals surface area contributed by atoms with Gasteiger partial charge in [0.05, 0.1) is 4.90 Å². The van der Waals surface area contributed by atoms with Crippen LogP contribution in [-0.2, 0) is 16.6 Å². The van der Waals surface area contributed by atoms with E-state index in [2.05, 4.69) is 17.0 Å². The lowest BCUT2D eigenvalue weighted by molar-refractivity contribution is 0.181. The summed E-state index contributed by atoms with van der Waals surface area (Å²) in [6.45, 7) is 3.00. The molecular formula is C17H19FN2O2S. The van der Waals surface area contributed by atoms with Crippen LogP contribution in [-0.4, -0.2) is 43.8 Å². The molecule has 23 heavy (non-hydrogen) atoms. The zero-order valence-electron chi connectivity index (χ0n) is 12.7. The largest absolute Gasteiger partial charge is 0.296 e. The Kier molecular flexibility index (Phi) is 4.75. The Morgan fingerprint density at radius 1 is 0.913 bits per heavy atom. The number of benzene rings is 2. The number of halogens is 1. The number of piperazine rings is 1. The van der Waals surface area contributed by atoms with Gasteiger partial charge in [-0.2, -0.15) is 4.31 Å². The highest BCUT2D eigenvalue weighted by Crippen LogP contribution is 2.19. The predicted molar refractivity (Wildman–Crippen MR) is 86.9 cm³/mol. The van der Waals surface area contributed by atoms with Crippen LogP contribution in [0.4, 0.5) is 4.39 Å². The third kappa shape index (κ3) is 3.77. The Morgan fingerprint density at radius 3 is 2.26 bits per heavy atom. The van der Waals surface area contributed by atoms with Crippen molar-refractivity contribution in [2.45, 2.75) is 11.4 Å². The van der Waals surface area contributed by atoms with Crippen molar-refractivity contribution in [2.24, 2.45) is 0 Å². The molecule has 122 valence electrons. The fourth-order valence-corrected chi connectivity index (χ4v) is 4.20. The first-order valence-electron chi connectivity index (χ1n) is 7.58. The summed E-state index contributed by atoms with van der Waals surface area (Å²) in [6, 6.07) is 15.3. The Balaban J connectivity index is 1.64. The lowest BCUT2D eigenvalue weighted by Crippen LogP contribution is -2.48. The molecule has 2 aromatic carbocycles. The molecular weight excluding hydrogens is 315 g/mol. The van der Waals surface area contributed by atoms with E-state index in [1.807, 2.05) is 18.2 Å². The molecule has 0 spiro atoms. The van der Waals surface area contributed by atoms with Gasteiger partial charge in [-0.1, -0.05) is 36.4 Å². The van der Waals surface area contributed by atoms with Gasteiger partial charge in [0, 0.05) is 32.7 Å². The van der Waals surface area contributed by atoms with Crippen molar-refractivity contribution >= 4 is 10.0 Å². The third-order valence-corrected chi connectivity index (χ3v) is 5.91.